The lowest BCUT2D eigenvalue weighted by atomic mass is 10.0. The largest absolute Gasteiger partial charge is 0.492 e. The van der Waals surface area contributed by atoms with Crippen LogP contribution < -0.4 is 10.1 Å². The molecule has 0 bridgehead atoms. The smallest absolute Gasteiger partial charge is 0.317 e. The Morgan fingerprint density at radius 3 is 3.00 bits per heavy atom. The van der Waals surface area contributed by atoms with Crippen molar-refractivity contribution in [3.8, 4) is 5.75 Å². The molecule has 1 aliphatic heterocycles. The molecular formula is C17H23ClN2O3. The van der Waals surface area contributed by atoms with Crippen molar-refractivity contribution in [2.75, 3.05) is 20.2 Å². The minimum absolute atomic E-state index is 0.126. The number of rotatable bonds is 4. The van der Waals surface area contributed by atoms with Crippen molar-refractivity contribution in [3.63, 3.8) is 0 Å². The number of hydrogen-bond acceptors (Lipinski definition) is 3. The van der Waals surface area contributed by atoms with Crippen LogP contribution in [-0.2, 0) is 0 Å². The Morgan fingerprint density at radius 2 is 2.26 bits per heavy atom. The number of nitrogens with zero attached hydrogens (tertiary/aromatic N) is 1. The van der Waals surface area contributed by atoms with Crippen molar-refractivity contribution in [2.45, 2.75) is 37.8 Å². The number of ether oxygens (including phenoxy) is 1. The molecule has 0 saturated heterocycles. The summed E-state index contributed by atoms with van der Waals surface area (Å²) in [6.45, 7) is 0.960. The number of likely N-dealkylation sites (N-methyl/N-ethyl adjacent to an activating group) is 1. The Balaban J connectivity index is 1.67. The third kappa shape index (κ3) is 3.90. The van der Waals surface area contributed by atoms with Crippen molar-refractivity contribution in [2.24, 2.45) is 5.92 Å². The zero-order chi connectivity index (χ0) is 16.4. The summed E-state index contributed by atoms with van der Waals surface area (Å²) in [5.74, 6) is 1.02. The van der Waals surface area contributed by atoms with E-state index in [1.807, 2.05) is 12.1 Å². The molecule has 2 unspecified atom stereocenters. The molecule has 126 valence electrons. The molecule has 2 amide bonds. The number of halogens is 1. The summed E-state index contributed by atoms with van der Waals surface area (Å²) >= 11 is 6.21. The van der Waals surface area contributed by atoms with Crippen molar-refractivity contribution < 1.29 is 14.6 Å². The first kappa shape index (κ1) is 16.4. The Labute approximate surface area is 141 Å². The SMILES string of the molecule is CN(CC(O)C1CC1)C(=O)NC1CCCOc2c(Cl)cccc21. The fourth-order valence-electron chi connectivity index (χ4n) is 2.97. The third-order valence-corrected chi connectivity index (χ3v) is 4.83. The molecule has 1 aromatic rings. The van der Waals surface area contributed by atoms with Crippen molar-refractivity contribution >= 4 is 17.6 Å². The lowest BCUT2D eigenvalue weighted by Gasteiger charge is -2.25. The monoisotopic (exact) mass is 338 g/mol. The molecule has 1 heterocycles. The van der Waals surface area contributed by atoms with Gasteiger partial charge >= 0.3 is 6.03 Å². The first-order valence-corrected chi connectivity index (χ1v) is 8.55. The van der Waals surface area contributed by atoms with E-state index in [1.165, 1.54) is 0 Å². The van der Waals surface area contributed by atoms with Gasteiger partial charge in [0.15, 0.2) is 0 Å². The van der Waals surface area contributed by atoms with Gasteiger partial charge in [0.05, 0.1) is 23.8 Å². The molecular weight excluding hydrogens is 316 g/mol. The number of hydrogen-bond donors (Lipinski definition) is 2. The number of carbonyl (C=O) groups excluding carboxylic acids is 1. The predicted molar refractivity (Wildman–Crippen MR) is 88.8 cm³/mol. The van der Waals surface area contributed by atoms with Crippen LogP contribution >= 0.6 is 11.6 Å². The zero-order valence-corrected chi connectivity index (χ0v) is 14.1. The molecule has 2 aliphatic rings. The van der Waals surface area contributed by atoms with E-state index in [1.54, 1.807) is 18.0 Å². The molecule has 1 aliphatic carbocycles. The number of amides is 2. The van der Waals surface area contributed by atoms with E-state index in [-0.39, 0.29) is 12.1 Å². The minimum Gasteiger partial charge on any atom is -0.492 e. The van der Waals surface area contributed by atoms with E-state index in [0.717, 1.165) is 31.2 Å². The molecule has 23 heavy (non-hydrogen) atoms. The second-order valence-electron chi connectivity index (χ2n) is 6.44. The van der Waals surface area contributed by atoms with Crippen LogP contribution in [0.1, 0.15) is 37.3 Å². The predicted octanol–water partition coefficient (Wildman–Crippen LogP) is 2.97. The lowest BCUT2D eigenvalue weighted by molar-refractivity contribution is 0.112. The van der Waals surface area contributed by atoms with Gasteiger partial charge < -0.3 is 20.1 Å². The summed E-state index contributed by atoms with van der Waals surface area (Å²) in [4.78, 5) is 14.0. The fraction of sp³-hybridized carbons (Fsp3) is 0.588. The first-order chi connectivity index (χ1) is 11.1. The van der Waals surface area contributed by atoms with Gasteiger partial charge in [-0.15, -0.1) is 0 Å². The van der Waals surface area contributed by atoms with Crippen molar-refractivity contribution in [3.05, 3.63) is 28.8 Å². The van der Waals surface area contributed by atoms with Gasteiger partial charge in [0, 0.05) is 19.2 Å². The molecule has 0 radical (unpaired) electrons. The van der Waals surface area contributed by atoms with Crippen LogP contribution in [0.3, 0.4) is 0 Å². The number of nitrogens with one attached hydrogen (secondary N) is 1. The lowest BCUT2D eigenvalue weighted by Crippen LogP contribution is -2.43. The van der Waals surface area contributed by atoms with Crippen LogP contribution in [0.25, 0.3) is 0 Å². The molecule has 0 spiro atoms. The second kappa shape index (κ2) is 6.97. The molecule has 1 saturated carbocycles. The summed E-state index contributed by atoms with van der Waals surface area (Å²) in [5.41, 5.74) is 0.916. The Bertz CT molecular complexity index is 577. The summed E-state index contributed by atoms with van der Waals surface area (Å²) < 4.78 is 5.72. The van der Waals surface area contributed by atoms with Gasteiger partial charge in [-0.2, -0.15) is 0 Å². The van der Waals surface area contributed by atoms with E-state index in [2.05, 4.69) is 5.32 Å². The quantitative estimate of drug-likeness (QED) is 0.887. The molecule has 2 atom stereocenters. The number of urea groups is 1. The molecule has 5 nitrogen and oxygen atoms in total. The van der Waals surface area contributed by atoms with Gasteiger partial charge in [-0.25, -0.2) is 4.79 Å². The van der Waals surface area contributed by atoms with Crippen LogP contribution in [0.4, 0.5) is 4.79 Å². The fourth-order valence-corrected chi connectivity index (χ4v) is 3.21. The van der Waals surface area contributed by atoms with E-state index in [4.69, 9.17) is 16.3 Å². The first-order valence-electron chi connectivity index (χ1n) is 8.17. The third-order valence-electron chi connectivity index (χ3n) is 4.53. The maximum absolute atomic E-state index is 12.4. The second-order valence-corrected chi connectivity index (χ2v) is 6.84. The number of aliphatic hydroxyl groups is 1. The number of para-hydroxylation sites is 1. The van der Waals surface area contributed by atoms with Crippen LogP contribution in [0, 0.1) is 5.92 Å². The number of fused-ring (bicyclic) bond motifs is 1. The molecule has 0 aromatic heterocycles. The van der Waals surface area contributed by atoms with Crippen LogP contribution in [-0.4, -0.2) is 42.3 Å². The Kier molecular flexibility index (Phi) is 4.97. The maximum Gasteiger partial charge on any atom is 0.317 e. The number of aliphatic hydroxyl groups excluding tert-OH is 1. The standard InChI is InChI=1S/C17H23ClN2O3/c1-20(10-15(21)11-7-8-11)17(22)19-14-6-3-9-23-16-12(14)4-2-5-13(16)18/h2,4-5,11,14-15,21H,3,6-10H2,1H3,(H,19,22). The average molecular weight is 339 g/mol. The van der Waals surface area contributed by atoms with E-state index >= 15 is 0 Å². The molecule has 1 fully saturated rings. The Morgan fingerprint density at radius 1 is 1.48 bits per heavy atom. The van der Waals surface area contributed by atoms with Crippen LogP contribution in [0.15, 0.2) is 18.2 Å². The average Bonchev–Trinajstić information content (AvgIpc) is 3.35. The Hall–Kier alpha value is -1.46. The van der Waals surface area contributed by atoms with Gasteiger partial charge in [-0.05, 0) is 37.7 Å². The van der Waals surface area contributed by atoms with Gasteiger partial charge in [-0.3, -0.25) is 0 Å². The van der Waals surface area contributed by atoms with Gasteiger partial charge in [-0.1, -0.05) is 23.7 Å². The highest BCUT2D eigenvalue weighted by atomic mass is 35.5. The van der Waals surface area contributed by atoms with E-state index in [9.17, 15) is 9.90 Å². The van der Waals surface area contributed by atoms with Crippen molar-refractivity contribution in [1.29, 1.82) is 0 Å². The summed E-state index contributed by atoms with van der Waals surface area (Å²) in [7, 11) is 1.72. The maximum atomic E-state index is 12.4. The van der Waals surface area contributed by atoms with Gasteiger partial charge in [0.1, 0.15) is 5.75 Å². The van der Waals surface area contributed by atoms with Gasteiger partial charge in [0.2, 0.25) is 0 Å². The number of carbonyl (C=O) groups is 1. The normalized spacial score (nSPS) is 21.6. The van der Waals surface area contributed by atoms with E-state index < -0.39 is 6.10 Å². The van der Waals surface area contributed by atoms with Crippen LogP contribution in [0.2, 0.25) is 5.02 Å². The van der Waals surface area contributed by atoms with Crippen molar-refractivity contribution in [1.82, 2.24) is 10.2 Å². The molecule has 3 rings (SSSR count). The van der Waals surface area contributed by atoms with Crippen LogP contribution in [0.5, 0.6) is 5.75 Å². The molecule has 1 aromatic carbocycles. The molecule has 6 heteroatoms. The topological polar surface area (TPSA) is 61.8 Å². The van der Waals surface area contributed by atoms with Gasteiger partial charge in [0.25, 0.3) is 0 Å². The minimum atomic E-state index is -0.426. The summed E-state index contributed by atoms with van der Waals surface area (Å²) in [6.07, 6.45) is 3.35. The summed E-state index contributed by atoms with van der Waals surface area (Å²) in [6, 6.07) is 5.30. The van der Waals surface area contributed by atoms with E-state index in [0.29, 0.717) is 29.8 Å². The molecule has 2 N–H and O–H groups in total. The summed E-state index contributed by atoms with van der Waals surface area (Å²) in [5, 5.41) is 13.6. The highest BCUT2D eigenvalue weighted by Gasteiger charge is 2.31. The highest BCUT2D eigenvalue weighted by molar-refractivity contribution is 6.32. The number of benzene rings is 1. The highest BCUT2D eigenvalue weighted by Crippen LogP contribution is 2.37. The zero-order valence-electron chi connectivity index (χ0n) is 13.3.